The van der Waals surface area contributed by atoms with Crippen LogP contribution in [0.2, 0.25) is 0 Å². The van der Waals surface area contributed by atoms with Crippen LogP contribution >= 0.6 is 0 Å². The molecule has 0 aromatic carbocycles. The van der Waals surface area contributed by atoms with Crippen LogP contribution in [-0.4, -0.2) is 18.5 Å². The molecule has 0 aliphatic heterocycles. The molecule has 0 heterocycles. The minimum Gasteiger partial charge on any atom is -0.367 e. The smallest absolute Gasteiger partial charge is 0.160 e. The van der Waals surface area contributed by atoms with Crippen molar-refractivity contribution in [2.24, 2.45) is 16.7 Å². The average Bonchev–Trinajstić information content (AvgIpc) is 1.99. The van der Waals surface area contributed by atoms with Gasteiger partial charge in [0.1, 0.15) is 0 Å². The minimum absolute atomic E-state index is 0.0344. The van der Waals surface area contributed by atoms with Crippen LogP contribution in [0.25, 0.3) is 0 Å². The average molecular weight is 202 g/mol. The van der Waals surface area contributed by atoms with Crippen LogP contribution < -0.4 is 0 Å². The summed E-state index contributed by atoms with van der Waals surface area (Å²) in [5.74, 6) is 0.559. The van der Waals surface area contributed by atoms with Crippen molar-refractivity contribution in [1.82, 2.24) is 0 Å². The highest BCUT2D eigenvalue weighted by Crippen LogP contribution is 2.46. The molecule has 2 unspecified atom stereocenters. The zero-order chi connectivity index (χ0) is 11.6. The molecule has 0 spiro atoms. The van der Waals surface area contributed by atoms with Crippen molar-refractivity contribution in [3.63, 3.8) is 0 Å². The van der Waals surface area contributed by atoms with Crippen molar-refractivity contribution >= 4 is 0 Å². The molecule has 0 radical (unpaired) electrons. The Balaban J connectivity index is 4.85. The predicted molar refractivity (Wildman–Crippen MR) is 60.0 cm³/mol. The summed E-state index contributed by atoms with van der Waals surface area (Å²) < 4.78 is 5.10. The molecular formula is C12H26O2. The van der Waals surface area contributed by atoms with E-state index in [-0.39, 0.29) is 10.8 Å². The largest absolute Gasteiger partial charge is 0.367 e. The second-order valence-corrected chi connectivity index (χ2v) is 5.85. The van der Waals surface area contributed by atoms with Gasteiger partial charge in [-0.05, 0) is 17.8 Å². The van der Waals surface area contributed by atoms with Crippen LogP contribution in [0.3, 0.4) is 0 Å². The number of aliphatic hydroxyl groups excluding tert-OH is 1. The van der Waals surface area contributed by atoms with Crippen LogP contribution in [0.15, 0.2) is 0 Å². The van der Waals surface area contributed by atoms with Gasteiger partial charge in [-0.15, -0.1) is 0 Å². The molecular weight excluding hydrogens is 176 g/mol. The molecule has 0 fully saturated rings. The molecule has 0 rings (SSSR count). The molecule has 2 nitrogen and oxygen atoms in total. The van der Waals surface area contributed by atoms with Gasteiger partial charge in [0.15, 0.2) is 6.29 Å². The first-order chi connectivity index (χ1) is 6.15. The van der Waals surface area contributed by atoms with E-state index in [1.165, 1.54) is 0 Å². The molecule has 1 N–H and O–H groups in total. The SMILES string of the molecule is COC(O)C(C)(CC(C)C)C(C)(C)C. The lowest BCUT2D eigenvalue weighted by Gasteiger charge is -2.45. The molecule has 2 heteroatoms. The summed E-state index contributed by atoms with van der Waals surface area (Å²) in [6.07, 6.45) is 0.274. The summed E-state index contributed by atoms with van der Waals surface area (Å²) in [6.45, 7) is 12.9. The van der Waals surface area contributed by atoms with E-state index < -0.39 is 6.29 Å². The second kappa shape index (κ2) is 4.63. The summed E-state index contributed by atoms with van der Waals surface area (Å²) in [7, 11) is 1.56. The molecule has 0 aromatic rings. The fraction of sp³-hybridized carbons (Fsp3) is 1.00. The molecule has 0 saturated carbocycles. The van der Waals surface area contributed by atoms with E-state index in [4.69, 9.17) is 4.74 Å². The van der Waals surface area contributed by atoms with Gasteiger partial charge in [0.25, 0.3) is 0 Å². The van der Waals surface area contributed by atoms with Gasteiger partial charge in [0, 0.05) is 12.5 Å². The maximum Gasteiger partial charge on any atom is 0.160 e. The lowest BCUT2D eigenvalue weighted by Crippen LogP contribution is -2.45. The maximum absolute atomic E-state index is 9.94. The molecule has 14 heavy (non-hydrogen) atoms. The minimum atomic E-state index is -0.690. The molecule has 0 aliphatic carbocycles. The Hall–Kier alpha value is -0.0800. The summed E-state index contributed by atoms with van der Waals surface area (Å²) in [5, 5.41) is 9.94. The van der Waals surface area contributed by atoms with E-state index in [0.29, 0.717) is 5.92 Å². The van der Waals surface area contributed by atoms with E-state index in [1.807, 2.05) is 0 Å². The predicted octanol–water partition coefficient (Wildman–Crippen LogP) is 3.05. The standard InChI is InChI=1S/C12H26O2/c1-9(2)8-12(6,10(13)14-7)11(3,4)5/h9-10,13H,8H2,1-7H3. The monoisotopic (exact) mass is 202 g/mol. The molecule has 0 amide bonds. The summed E-state index contributed by atoms with van der Waals surface area (Å²) in [4.78, 5) is 0. The first kappa shape index (κ1) is 13.9. The van der Waals surface area contributed by atoms with Crippen LogP contribution in [0, 0.1) is 16.7 Å². The Morgan fingerprint density at radius 3 is 1.79 bits per heavy atom. The van der Waals surface area contributed by atoms with E-state index >= 15 is 0 Å². The molecule has 0 aromatic heterocycles. The normalized spacial score (nSPS) is 19.5. The van der Waals surface area contributed by atoms with Crippen molar-refractivity contribution < 1.29 is 9.84 Å². The molecule has 86 valence electrons. The third kappa shape index (κ3) is 2.96. The van der Waals surface area contributed by atoms with Crippen LogP contribution in [0.1, 0.15) is 48.0 Å². The number of aliphatic hydroxyl groups is 1. The van der Waals surface area contributed by atoms with E-state index in [9.17, 15) is 5.11 Å². The van der Waals surface area contributed by atoms with Gasteiger partial charge in [-0.1, -0.05) is 41.5 Å². The molecule has 0 aliphatic rings. The first-order valence-corrected chi connectivity index (χ1v) is 5.36. The third-order valence-corrected chi connectivity index (χ3v) is 3.31. The summed E-state index contributed by atoms with van der Waals surface area (Å²) in [6, 6.07) is 0. The molecule has 0 bridgehead atoms. The number of hydrogen-bond donors (Lipinski definition) is 1. The van der Waals surface area contributed by atoms with Gasteiger partial charge < -0.3 is 9.84 Å². The van der Waals surface area contributed by atoms with Crippen LogP contribution in [0.5, 0.6) is 0 Å². The Morgan fingerprint density at radius 1 is 1.14 bits per heavy atom. The fourth-order valence-corrected chi connectivity index (χ4v) is 1.89. The lowest BCUT2D eigenvalue weighted by molar-refractivity contribution is -0.193. The van der Waals surface area contributed by atoms with Crippen LogP contribution in [-0.2, 0) is 4.74 Å². The molecule has 2 atom stereocenters. The van der Waals surface area contributed by atoms with Gasteiger partial charge in [0.2, 0.25) is 0 Å². The van der Waals surface area contributed by atoms with Crippen LogP contribution in [0.4, 0.5) is 0 Å². The highest BCUT2D eigenvalue weighted by atomic mass is 16.6. The Bertz CT molecular complexity index is 170. The Morgan fingerprint density at radius 2 is 1.57 bits per heavy atom. The van der Waals surface area contributed by atoms with Gasteiger partial charge in [-0.3, -0.25) is 0 Å². The highest BCUT2D eigenvalue weighted by Gasteiger charge is 2.44. The van der Waals surface area contributed by atoms with E-state index in [1.54, 1.807) is 7.11 Å². The zero-order valence-electron chi connectivity index (χ0n) is 10.7. The number of hydrogen-bond acceptors (Lipinski definition) is 2. The quantitative estimate of drug-likeness (QED) is 0.710. The van der Waals surface area contributed by atoms with Crippen molar-refractivity contribution in [2.75, 3.05) is 7.11 Å². The van der Waals surface area contributed by atoms with Crippen molar-refractivity contribution in [2.45, 2.75) is 54.3 Å². The Kier molecular flexibility index (Phi) is 4.60. The van der Waals surface area contributed by atoms with E-state index in [0.717, 1.165) is 6.42 Å². The number of ether oxygens (including phenoxy) is 1. The summed E-state index contributed by atoms with van der Waals surface area (Å²) in [5.41, 5.74) is -0.164. The van der Waals surface area contributed by atoms with Gasteiger partial charge in [0.05, 0.1) is 0 Å². The van der Waals surface area contributed by atoms with Crippen molar-refractivity contribution in [3.05, 3.63) is 0 Å². The first-order valence-electron chi connectivity index (χ1n) is 5.36. The fourth-order valence-electron chi connectivity index (χ4n) is 1.89. The second-order valence-electron chi connectivity index (χ2n) is 5.85. The Labute approximate surface area is 88.7 Å². The molecule has 0 saturated heterocycles. The van der Waals surface area contributed by atoms with Gasteiger partial charge in [-0.2, -0.15) is 0 Å². The number of methoxy groups -OCH3 is 1. The lowest BCUT2D eigenvalue weighted by atomic mass is 9.63. The summed E-state index contributed by atoms with van der Waals surface area (Å²) >= 11 is 0. The van der Waals surface area contributed by atoms with Crippen molar-refractivity contribution in [3.8, 4) is 0 Å². The highest BCUT2D eigenvalue weighted by molar-refractivity contribution is 4.89. The maximum atomic E-state index is 9.94. The topological polar surface area (TPSA) is 29.5 Å². The third-order valence-electron chi connectivity index (χ3n) is 3.31. The zero-order valence-corrected chi connectivity index (χ0v) is 10.7. The number of rotatable bonds is 4. The van der Waals surface area contributed by atoms with E-state index in [2.05, 4.69) is 41.5 Å². The van der Waals surface area contributed by atoms with Gasteiger partial charge in [-0.25, -0.2) is 0 Å². The van der Waals surface area contributed by atoms with Gasteiger partial charge >= 0.3 is 0 Å². The van der Waals surface area contributed by atoms with Crippen molar-refractivity contribution in [1.29, 1.82) is 0 Å².